The second-order valence-electron chi connectivity index (χ2n) is 4.41. The standard InChI is InChI=1S/C13H18N2O5/c1-9(2)14(8-13(16)20-4)11-6-5-10(19-3)7-12(11)15(17)18/h5-7,9H,8H2,1-4H3. The fraction of sp³-hybridized carbons (Fsp3) is 0.462. The van der Waals surface area contributed by atoms with E-state index in [-0.39, 0.29) is 18.3 Å². The lowest BCUT2D eigenvalue weighted by Gasteiger charge is -2.27. The van der Waals surface area contributed by atoms with Gasteiger partial charge < -0.3 is 14.4 Å². The van der Waals surface area contributed by atoms with Crippen LogP contribution in [-0.4, -0.2) is 37.7 Å². The molecule has 0 fully saturated rings. The van der Waals surface area contributed by atoms with Gasteiger partial charge in [-0.2, -0.15) is 0 Å². The number of rotatable bonds is 6. The van der Waals surface area contributed by atoms with Gasteiger partial charge in [0.25, 0.3) is 5.69 Å². The lowest BCUT2D eigenvalue weighted by molar-refractivity contribution is -0.384. The van der Waals surface area contributed by atoms with E-state index >= 15 is 0 Å². The zero-order valence-corrected chi connectivity index (χ0v) is 12.0. The molecule has 0 radical (unpaired) electrons. The molecule has 1 rings (SSSR count). The summed E-state index contributed by atoms with van der Waals surface area (Å²) in [7, 11) is 2.72. The SMILES string of the molecule is COC(=O)CN(c1ccc(OC)cc1[N+](=O)[O-])C(C)C. The van der Waals surface area contributed by atoms with E-state index in [0.717, 1.165) is 0 Å². The summed E-state index contributed by atoms with van der Waals surface area (Å²) in [5, 5.41) is 11.2. The van der Waals surface area contributed by atoms with Crippen molar-refractivity contribution in [1.29, 1.82) is 0 Å². The molecule has 0 aliphatic heterocycles. The molecule has 1 aromatic carbocycles. The van der Waals surface area contributed by atoms with Gasteiger partial charge in [0.15, 0.2) is 0 Å². The van der Waals surface area contributed by atoms with E-state index in [1.807, 2.05) is 13.8 Å². The Balaban J connectivity index is 3.25. The number of benzene rings is 1. The Morgan fingerprint density at radius 3 is 2.50 bits per heavy atom. The molecule has 0 N–H and O–H groups in total. The van der Waals surface area contributed by atoms with Gasteiger partial charge >= 0.3 is 5.97 Å². The summed E-state index contributed by atoms with van der Waals surface area (Å²) in [6.07, 6.45) is 0. The van der Waals surface area contributed by atoms with E-state index in [1.54, 1.807) is 17.0 Å². The number of anilines is 1. The van der Waals surface area contributed by atoms with Gasteiger partial charge in [0.05, 0.1) is 25.2 Å². The predicted octanol–water partition coefficient (Wildman–Crippen LogP) is 1.99. The number of hydrogen-bond donors (Lipinski definition) is 0. The summed E-state index contributed by atoms with van der Waals surface area (Å²) in [6, 6.07) is 4.43. The monoisotopic (exact) mass is 282 g/mol. The maximum absolute atomic E-state index is 11.4. The fourth-order valence-corrected chi connectivity index (χ4v) is 1.77. The van der Waals surface area contributed by atoms with Crippen LogP contribution in [0.3, 0.4) is 0 Å². The number of methoxy groups -OCH3 is 2. The van der Waals surface area contributed by atoms with Crippen LogP contribution in [0.2, 0.25) is 0 Å². The van der Waals surface area contributed by atoms with Crippen LogP contribution in [-0.2, 0) is 9.53 Å². The fourth-order valence-electron chi connectivity index (χ4n) is 1.77. The third kappa shape index (κ3) is 3.59. The number of nitro groups is 1. The van der Waals surface area contributed by atoms with Gasteiger partial charge in [-0.05, 0) is 26.0 Å². The van der Waals surface area contributed by atoms with Gasteiger partial charge in [-0.1, -0.05) is 0 Å². The summed E-state index contributed by atoms with van der Waals surface area (Å²) in [5.41, 5.74) is 0.248. The van der Waals surface area contributed by atoms with Gasteiger partial charge in [-0.25, -0.2) is 0 Å². The summed E-state index contributed by atoms with van der Waals surface area (Å²) in [6.45, 7) is 3.63. The van der Waals surface area contributed by atoms with Crippen molar-refractivity contribution >= 4 is 17.3 Å². The van der Waals surface area contributed by atoms with E-state index in [2.05, 4.69) is 4.74 Å². The Labute approximate surface area is 117 Å². The average molecular weight is 282 g/mol. The number of carbonyl (C=O) groups is 1. The van der Waals surface area contributed by atoms with Crippen LogP contribution < -0.4 is 9.64 Å². The minimum absolute atomic E-state index is 0.0542. The van der Waals surface area contributed by atoms with Crippen LogP contribution in [0.4, 0.5) is 11.4 Å². The molecule has 0 spiro atoms. The zero-order valence-electron chi connectivity index (χ0n) is 12.0. The lowest BCUT2D eigenvalue weighted by atomic mass is 10.2. The Bertz CT molecular complexity index is 502. The Morgan fingerprint density at radius 2 is 2.05 bits per heavy atom. The number of esters is 1. The van der Waals surface area contributed by atoms with Crippen molar-refractivity contribution in [2.45, 2.75) is 19.9 Å². The van der Waals surface area contributed by atoms with E-state index in [1.165, 1.54) is 20.3 Å². The van der Waals surface area contributed by atoms with Crippen molar-refractivity contribution in [3.8, 4) is 5.75 Å². The van der Waals surface area contributed by atoms with E-state index < -0.39 is 10.9 Å². The number of nitro benzene ring substituents is 1. The van der Waals surface area contributed by atoms with E-state index in [4.69, 9.17) is 4.74 Å². The highest BCUT2D eigenvalue weighted by atomic mass is 16.6. The third-order valence-electron chi connectivity index (χ3n) is 2.84. The number of ether oxygens (including phenoxy) is 2. The molecule has 20 heavy (non-hydrogen) atoms. The highest BCUT2D eigenvalue weighted by Crippen LogP contribution is 2.33. The Hall–Kier alpha value is -2.31. The molecule has 0 aliphatic carbocycles. The predicted molar refractivity (Wildman–Crippen MR) is 74.1 cm³/mol. The average Bonchev–Trinajstić information content (AvgIpc) is 2.43. The highest BCUT2D eigenvalue weighted by molar-refractivity contribution is 5.78. The van der Waals surface area contributed by atoms with Gasteiger partial charge in [0.1, 0.15) is 18.0 Å². The smallest absolute Gasteiger partial charge is 0.325 e. The van der Waals surface area contributed by atoms with Gasteiger partial charge in [-0.15, -0.1) is 0 Å². The molecular weight excluding hydrogens is 264 g/mol. The minimum Gasteiger partial charge on any atom is -0.496 e. The summed E-state index contributed by atoms with van der Waals surface area (Å²) < 4.78 is 9.61. The van der Waals surface area contributed by atoms with Crippen molar-refractivity contribution in [2.24, 2.45) is 0 Å². The van der Waals surface area contributed by atoms with Gasteiger partial charge in [0.2, 0.25) is 0 Å². The molecule has 0 heterocycles. The van der Waals surface area contributed by atoms with Crippen molar-refractivity contribution < 1.29 is 19.2 Å². The lowest BCUT2D eigenvalue weighted by Crippen LogP contribution is -2.36. The minimum atomic E-state index is -0.496. The summed E-state index contributed by atoms with van der Waals surface area (Å²) in [4.78, 5) is 23.7. The number of hydrogen-bond acceptors (Lipinski definition) is 6. The molecule has 0 bridgehead atoms. The van der Waals surface area contributed by atoms with Crippen LogP contribution in [0.15, 0.2) is 18.2 Å². The molecule has 1 aromatic rings. The van der Waals surface area contributed by atoms with Crippen molar-refractivity contribution in [2.75, 3.05) is 25.7 Å². The molecule has 110 valence electrons. The maximum atomic E-state index is 11.4. The molecule has 7 heteroatoms. The van der Waals surface area contributed by atoms with Gasteiger partial charge in [-0.3, -0.25) is 14.9 Å². The summed E-state index contributed by atoms with van der Waals surface area (Å²) in [5.74, 6) is -0.0639. The molecule has 0 aliphatic rings. The van der Waals surface area contributed by atoms with Crippen molar-refractivity contribution in [3.63, 3.8) is 0 Å². The molecule has 0 unspecified atom stereocenters. The van der Waals surface area contributed by atoms with Crippen LogP contribution in [0.1, 0.15) is 13.8 Å². The van der Waals surface area contributed by atoms with Crippen LogP contribution in [0, 0.1) is 10.1 Å². The summed E-state index contributed by atoms with van der Waals surface area (Å²) >= 11 is 0. The first-order chi connectivity index (χ1) is 9.40. The van der Waals surface area contributed by atoms with Crippen LogP contribution in [0.25, 0.3) is 0 Å². The largest absolute Gasteiger partial charge is 0.496 e. The van der Waals surface area contributed by atoms with Crippen LogP contribution >= 0.6 is 0 Å². The second-order valence-corrected chi connectivity index (χ2v) is 4.41. The van der Waals surface area contributed by atoms with E-state index in [0.29, 0.717) is 11.4 Å². The topological polar surface area (TPSA) is 81.9 Å². The van der Waals surface area contributed by atoms with Crippen molar-refractivity contribution in [3.05, 3.63) is 28.3 Å². The normalized spacial score (nSPS) is 10.2. The quantitative estimate of drug-likeness (QED) is 0.451. The molecule has 0 amide bonds. The molecule has 7 nitrogen and oxygen atoms in total. The molecule has 0 aromatic heterocycles. The molecule has 0 saturated heterocycles. The molecule has 0 atom stereocenters. The Morgan fingerprint density at radius 1 is 1.40 bits per heavy atom. The Kier molecular flexibility index (Phi) is 5.31. The first-order valence-corrected chi connectivity index (χ1v) is 6.06. The van der Waals surface area contributed by atoms with Crippen molar-refractivity contribution in [1.82, 2.24) is 0 Å². The third-order valence-corrected chi connectivity index (χ3v) is 2.84. The van der Waals surface area contributed by atoms with Gasteiger partial charge in [0, 0.05) is 6.04 Å². The molecule has 0 saturated carbocycles. The van der Waals surface area contributed by atoms with E-state index in [9.17, 15) is 14.9 Å². The number of carbonyl (C=O) groups excluding carboxylic acids is 1. The first kappa shape index (κ1) is 15.7. The molecular formula is C13H18N2O5. The first-order valence-electron chi connectivity index (χ1n) is 6.06. The van der Waals surface area contributed by atoms with Crippen LogP contribution in [0.5, 0.6) is 5.75 Å². The second kappa shape index (κ2) is 6.74. The number of nitrogens with zero attached hydrogens (tertiary/aromatic N) is 2. The highest BCUT2D eigenvalue weighted by Gasteiger charge is 2.24. The zero-order chi connectivity index (χ0) is 15.3. The maximum Gasteiger partial charge on any atom is 0.325 e.